The predicted octanol–water partition coefficient (Wildman–Crippen LogP) is 1.69. The molecule has 0 amide bonds. The van der Waals surface area contributed by atoms with E-state index in [-0.39, 0.29) is 0 Å². The van der Waals surface area contributed by atoms with Gasteiger partial charge in [0.2, 0.25) is 0 Å². The average Bonchev–Trinajstić information content (AvgIpc) is 1.90. The number of thiol groups is 1. The molecule has 0 radical (unpaired) electrons. The Kier molecular flexibility index (Phi) is 2.79. The van der Waals surface area contributed by atoms with Gasteiger partial charge in [0.25, 0.3) is 0 Å². The summed E-state index contributed by atoms with van der Waals surface area (Å²) in [4.78, 5) is 2.15. The van der Waals surface area contributed by atoms with Crippen molar-refractivity contribution in [3.8, 4) is 0 Å². The van der Waals surface area contributed by atoms with Crippen LogP contribution >= 0.6 is 24.8 Å². The van der Waals surface area contributed by atoms with Crippen LogP contribution in [-0.2, 0) is 0 Å². The van der Waals surface area contributed by atoms with Gasteiger partial charge in [-0.3, -0.25) is 0 Å². The van der Waals surface area contributed by atoms with Crippen molar-refractivity contribution < 1.29 is 0 Å². The highest BCUT2D eigenvalue weighted by Crippen LogP contribution is 2.10. The van der Waals surface area contributed by atoms with Gasteiger partial charge in [-0.2, -0.15) is 0 Å². The van der Waals surface area contributed by atoms with Crippen LogP contribution in [0.3, 0.4) is 0 Å². The molecular weight excluding hydrogens is 150 g/mol. The second-order valence-corrected chi connectivity index (χ2v) is 3.44. The maximum atomic E-state index is 4.91. The fourth-order valence-corrected chi connectivity index (χ4v) is 1.47. The first-order valence-electron chi connectivity index (χ1n) is 3.28. The zero-order valence-corrected chi connectivity index (χ0v) is 7.05. The van der Waals surface area contributed by atoms with Crippen molar-refractivity contribution >= 4 is 29.2 Å². The topological polar surface area (TPSA) is 3.24 Å². The lowest BCUT2D eigenvalue weighted by molar-refractivity contribution is 0.352. The fourth-order valence-electron chi connectivity index (χ4n) is 1.09. The second kappa shape index (κ2) is 3.42. The van der Waals surface area contributed by atoms with Gasteiger partial charge in [0.1, 0.15) is 4.32 Å². The third kappa shape index (κ3) is 2.14. The first kappa shape index (κ1) is 7.35. The standard InChI is InChI=1S/C6H11NS2/c8-6(9)7-4-2-1-3-5-7/h1-5H2,(H,8,9). The lowest BCUT2D eigenvalue weighted by atomic mass is 10.1. The minimum absolute atomic E-state index is 0.759. The van der Waals surface area contributed by atoms with Gasteiger partial charge in [-0.05, 0) is 19.3 Å². The van der Waals surface area contributed by atoms with Gasteiger partial charge in [-0.25, -0.2) is 0 Å². The summed E-state index contributed by atoms with van der Waals surface area (Å²) in [6.45, 7) is 2.23. The van der Waals surface area contributed by atoms with E-state index >= 15 is 0 Å². The van der Waals surface area contributed by atoms with Crippen molar-refractivity contribution in [2.45, 2.75) is 19.3 Å². The minimum Gasteiger partial charge on any atom is -0.358 e. The highest BCUT2D eigenvalue weighted by molar-refractivity contribution is 8.10. The first-order valence-corrected chi connectivity index (χ1v) is 4.14. The van der Waals surface area contributed by atoms with Gasteiger partial charge in [0.05, 0.1) is 0 Å². The van der Waals surface area contributed by atoms with E-state index in [1.807, 2.05) is 0 Å². The summed E-state index contributed by atoms with van der Waals surface area (Å²) < 4.78 is 0.759. The predicted molar refractivity (Wildman–Crippen MR) is 47.0 cm³/mol. The van der Waals surface area contributed by atoms with E-state index in [0.29, 0.717) is 0 Å². The van der Waals surface area contributed by atoms with Crippen LogP contribution in [-0.4, -0.2) is 22.3 Å². The molecule has 1 heterocycles. The monoisotopic (exact) mass is 161 g/mol. The third-order valence-electron chi connectivity index (χ3n) is 1.63. The van der Waals surface area contributed by atoms with E-state index in [1.165, 1.54) is 19.3 Å². The molecule has 3 heteroatoms. The van der Waals surface area contributed by atoms with E-state index in [2.05, 4.69) is 17.5 Å². The Hall–Kier alpha value is 0.240. The number of likely N-dealkylation sites (tertiary alicyclic amines) is 1. The van der Waals surface area contributed by atoms with Gasteiger partial charge in [0, 0.05) is 13.1 Å². The molecule has 1 saturated heterocycles. The van der Waals surface area contributed by atoms with Crippen molar-refractivity contribution in [2.75, 3.05) is 13.1 Å². The molecule has 0 unspecified atom stereocenters. The highest BCUT2D eigenvalue weighted by Gasteiger charge is 2.09. The van der Waals surface area contributed by atoms with Crippen molar-refractivity contribution in [2.24, 2.45) is 0 Å². The number of hydrogen-bond acceptors (Lipinski definition) is 1. The maximum Gasteiger partial charge on any atom is 0.133 e. The van der Waals surface area contributed by atoms with E-state index < -0.39 is 0 Å². The van der Waals surface area contributed by atoms with Gasteiger partial charge in [-0.15, -0.1) is 12.6 Å². The Labute approximate surface area is 66.8 Å². The molecule has 0 atom stereocenters. The third-order valence-corrected chi connectivity index (χ3v) is 2.17. The summed E-state index contributed by atoms with van der Waals surface area (Å²) in [5.74, 6) is 0. The first-order chi connectivity index (χ1) is 4.30. The zero-order valence-electron chi connectivity index (χ0n) is 5.34. The molecular formula is C6H11NS2. The van der Waals surface area contributed by atoms with Crippen LogP contribution in [0.15, 0.2) is 0 Å². The molecule has 1 nitrogen and oxygen atoms in total. The van der Waals surface area contributed by atoms with Crippen molar-refractivity contribution in [1.82, 2.24) is 4.90 Å². The van der Waals surface area contributed by atoms with Crippen LogP contribution < -0.4 is 0 Å². The number of thiocarbonyl (C=S) groups is 1. The quantitative estimate of drug-likeness (QED) is 0.425. The molecule has 52 valence electrons. The van der Waals surface area contributed by atoms with Crippen LogP contribution in [0.4, 0.5) is 0 Å². The van der Waals surface area contributed by atoms with Crippen LogP contribution in [0.5, 0.6) is 0 Å². The van der Waals surface area contributed by atoms with Crippen LogP contribution in [0.25, 0.3) is 0 Å². The summed E-state index contributed by atoms with van der Waals surface area (Å²) in [5.41, 5.74) is 0. The Morgan fingerprint density at radius 1 is 1.22 bits per heavy atom. The van der Waals surface area contributed by atoms with Crippen LogP contribution in [0.1, 0.15) is 19.3 Å². The van der Waals surface area contributed by atoms with E-state index in [9.17, 15) is 0 Å². The Balaban J connectivity index is 2.31. The average molecular weight is 161 g/mol. The smallest absolute Gasteiger partial charge is 0.133 e. The number of hydrogen-bond donors (Lipinski definition) is 1. The molecule has 0 N–H and O–H groups in total. The Morgan fingerprint density at radius 2 is 1.78 bits per heavy atom. The van der Waals surface area contributed by atoms with Gasteiger partial charge in [0.15, 0.2) is 0 Å². The molecule has 1 fully saturated rings. The fraction of sp³-hybridized carbons (Fsp3) is 0.833. The summed E-state index contributed by atoms with van der Waals surface area (Å²) in [7, 11) is 0. The molecule has 0 spiro atoms. The Bertz CT molecular complexity index is 108. The molecule has 0 aliphatic carbocycles. The lowest BCUT2D eigenvalue weighted by Gasteiger charge is -2.26. The van der Waals surface area contributed by atoms with Crippen molar-refractivity contribution in [3.05, 3.63) is 0 Å². The minimum atomic E-state index is 0.759. The molecule has 1 rings (SSSR count). The second-order valence-electron chi connectivity index (χ2n) is 2.33. The molecule has 1 aliphatic heterocycles. The molecule has 0 aromatic rings. The van der Waals surface area contributed by atoms with Crippen LogP contribution in [0, 0.1) is 0 Å². The molecule has 0 saturated carbocycles. The number of piperidine rings is 1. The van der Waals surface area contributed by atoms with Gasteiger partial charge in [-0.1, -0.05) is 12.2 Å². The molecule has 0 aromatic heterocycles. The zero-order chi connectivity index (χ0) is 6.69. The number of nitrogens with zero attached hydrogens (tertiary/aromatic N) is 1. The summed E-state index contributed by atoms with van der Waals surface area (Å²) in [6.07, 6.45) is 3.91. The van der Waals surface area contributed by atoms with E-state index in [0.717, 1.165) is 17.4 Å². The summed E-state index contributed by atoms with van der Waals surface area (Å²) in [6, 6.07) is 0. The van der Waals surface area contributed by atoms with Crippen molar-refractivity contribution in [3.63, 3.8) is 0 Å². The molecule has 0 aromatic carbocycles. The van der Waals surface area contributed by atoms with Gasteiger partial charge >= 0.3 is 0 Å². The summed E-state index contributed by atoms with van der Waals surface area (Å²) >= 11 is 9.00. The number of rotatable bonds is 0. The molecule has 9 heavy (non-hydrogen) atoms. The normalized spacial score (nSPS) is 19.9. The highest BCUT2D eigenvalue weighted by atomic mass is 32.1. The van der Waals surface area contributed by atoms with Gasteiger partial charge < -0.3 is 4.90 Å². The SMILES string of the molecule is S=C(S)N1CCCCC1. The molecule has 1 aliphatic rings. The van der Waals surface area contributed by atoms with E-state index in [4.69, 9.17) is 12.2 Å². The maximum absolute atomic E-state index is 4.91. The van der Waals surface area contributed by atoms with Crippen molar-refractivity contribution in [1.29, 1.82) is 0 Å². The summed E-state index contributed by atoms with van der Waals surface area (Å²) in [5, 5.41) is 0. The largest absolute Gasteiger partial charge is 0.358 e. The van der Waals surface area contributed by atoms with Crippen LogP contribution in [0.2, 0.25) is 0 Å². The molecule has 0 bridgehead atoms. The van der Waals surface area contributed by atoms with E-state index in [1.54, 1.807) is 0 Å². The lowest BCUT2D eigenvalue weighted by Crippen LogP contribution is -2.31. The Morgan fingerprint density at radius 3 is 2.11 bits per heavy atom.